The summed E-state index contributed by atoms with van der Waals surface area (Å²) < 4.78 is 5.47. The fourth-order valence-corrected chi connectivity index (χ4v) is 5.06. The molecule has 2 aromatic heterocycles. The third-order valence-electron chi connectivity index (χ3n) is 6.77. The highest BCUT2D eigenvalue weighted by Crippen LogP contribution is 2.34. The van der Waals surface area contributed by atoms with Crippen molar-refractivity contribution in [3.05, 3.63) is 60.6 Å². The molecule has 0 bridgehead atoms. The predicted molar refractivity (Wildman–Crippen MR) is 133 cm³/mol. The smallest absolute Gasteiger partial charge is 0.318 e. The molecular formula is C26H27N7O2. The summed E-state index contributed by atoms with van der Waals surface area (Å²) in [6, 6.07) is 10.6. The van der Waals surface area contributed by atoms with Gasteiger partial charge in [0.2, 0.25) is 5.91 Å². The molecule has 178 valence electrons. The third kappa shape index (κ3) is 4.23. The zero-order valence-corrected chi connectivity index (χ0v) is 19.7. The number of nitriles is 1. The Labute approximate surface area is 204 Å². The van der Waals surface area contributed by atoms with Gasteiger partial charge in [0.25, 0.3) is 0 Å². The van der Waals surface area contributed by atoms with Gasteiger partial charge in [0.1, 0.15) is 5.82 Å². The van der Waals surface area contributed by atoms with E-state index in [1.807, 2.05) is 18.5 Å². The van der Waals surface area contributed by atoms with Crippen molar-refractivity contribution in [2.75, 3.05) is 43.1 Å². The molecule has 9 nitrogen and oxygen atoms in total. The molecule has 1 saturated heterocycles. The van der Waals surface area contributed by atoms with Crippen LogP contribution in [0.4, 0.5) is 11.5 Å². The van der Waals surface area contributed by atoms with Gasteiger partial charge in [0.15, 0.2) is 0 Å². The molecule has 0 aliphatic carbocycles. The highest BCUT2D eigenvalue weighted by Gasteiger charge is 2.33. The summed E-state index contributed by atoms with van der Waals surface area (Å²) in [5, 5.41) is 11.6. The minimum atomic E-state index is -0.222. The summed E-state index contributed by atoms with van der Waals surface area (Å²) in [6.07, 6.45) is 6.05. The van der Waals surface area contributed by atoms with Gasteiger partial charge in [-0.3, -0.25) is 9.78 Å². The second kappa shape index (κ2) is 9.58. The van der Waals surface area contributed by atoms with Gasteiger partial charge < -0.3 is 19.4 Å². The van der Waals surface area contributed by atoms with Crippen molar-refractivity contribution in [1.82, 2.24) is 19.9 Å². The van der Waals surface area contributed by atoms with E-state index in [2.05, 4.69) is 45.6 Å². The standard InChI is InChI=1S/C26H27N7O2/c1-3-24(34)33-14-13-32(16-19(33)7-10-27)25-21-9-12-31(17-22(21)29-26(30-25)35-2)23-6-4-5-18-15-28-11-8-20(18)23/h3-6,8,11,15,19H,1,7,9,12-14,16-17H2,2H3. The quantitative estimate of drug-likeness (QED) is 0.526. The highest BCUT2D eigenvalue weighted by atomic mass is 16.5. The molecule has 1 amide bonds. The van der Waals surface area contributed by atoms with E-state index in [-0.39, 0.29) is 18.4 Å². The highest BCUT2D eigenvalue weighted by molar-refractivity contribution is 5.93. The van der Waals surface area contributed by atoms with Gasteiger partial charge in [-0.15, -0.1) is 0 Å². The summed E-state index contributed by atoms with van der Waals surface area (Å²) in [5.74, 6) is 0.690. The maximum absolute atomic E-state index is 12.3. The number of fused-ring (bicyclic) bond motifs is 2. The molecule has 1 unspecified atom stereocenters. The van der Waals surface area contributed by atoms with Crippen molar-refractivity contribution in [3.8, 4) is 12.1 Å². The Morgan fingerprint density at radius 3 is 2.94 bits per heavy atom. The van der Waals surface area contributed by atoms with Gasteiger partial charge >= 0.3 is 6.01 Å². The summed E-state index contributed by atoms with van der Waals surface area (Å²) in [6.45, 7) is 6.73. The first-order valence-corrected chi connectivity index (χ1v) is 11.7. The summed E-state index contributed by atoms with van der Waals surface area (Å²) in [5.41, 5.74) is 3.19. The molecule has 2 aliphatic rings. The van der Waals surface area contributed by atoms with Crippen LogP contribution < -0.4 is 14.5 Å². The molecule has 0 saturated carbocycles. The number of aromatic nitrogens is 3. The SMILES string of the molecule is C=CC(=O)N1CCN(c2nc(OC)nc3c2CCN(c2cccc4cnccc24)C3)CC1CC#N. The van der Waals surface area contributed by atoms with E-state index in [1.54, 1.807) is 12.0 Å². The Bertz CT molecular complexity index is 1310. The number of piperazine rings is 1. The molecule has 1 atom stereocenters. The van der Waals surface area contributed by atoms with E-state index in [0.29, 0.717) is 32.2 Å². The molecule has 4 heterocycles. The lowest BCUT2D eigenvalue weighted by Gasteiger charge is -2.42. The number of carbonyl (C=O) groups is 1. The maximum Gasteiger partial charge on any atom is 0.318 e. The van der Waals surface area contributed by atoms with E-state index in [9.17, 15) is 10.1 Å². The van der Waals surface area contributed by atoms with E-state index >= 15 is 0 Å². The predicted octanol–water partition coefficient (Wildman–Crippen LogP) is 2.71. The minimum absolute atomic E-state index is 0.145. The Balaban J connectivity index is 1.47. The fourth-order valence-electron chi connectivity index (χ4n) is 5.06. The van der Waals surface area contributed by atoms with Crippen molar-refractivity contribution in [2.45, 2.75) is 25.4 Å². The van der Waals surface area contributed by atoms with Crippen molar-refractivity contribution >= 4 is 28.2 Å². The third-order valence-corrected chi connectivity index (χ3v) is 6.77. The molecule has 1 aromatic carbocycles. The van der Waals surface area contributed by atoms with Crippen LogP contribution in [0.5, 0.6) is 6.01 Å². The Kier molecular flexibility index (Phi) is 6.19. The van der Waals surface area contributed by atoms with Crippen LogP contribution in [0.2, 0.25) is 0 Å². The molecule has 9 heteroatoms. The second-order valence-electron chi connectivity index (χ2n) is 8.70. The Morgan fingerprint density at radius 1 is 1.26 bits per heavy atom. The monoisotopic (exact) mass is 469 g/mol. The first-order chi connectivity index (χ1) is 17.1. The van der Waals surface area contributed by atoms with Crippen LogP contribution >= 0.6 is 0 Å². The van der Waals surface area contributed by atoms with Gasteiger partial charge in [-0.05, 0) is 24.6 Å². The van der Waals surface area contributed by atoms with Gasteiger partial charge in [0.05, 0.1) is 37.9 Å². The normalized spacial score (nSPS) is 17.6. The number of anilines is 2. The molecule has 0 spiro atoms. The lowest BCUT2D eigenvalue weighted by atomic mass is 10.0. The molecule has 0 N–H and O–H groups in total. The van der Waals surface area contributed by atoms with Crippen molar-refractivity contribution in [1.29, 1.82) is 5.26 Å². The van der Waals surface area contributed by atoms with E-state index < -0.39 is 0 Å². The van der Waals surface area contributed by atoms with Crippen LogP contribution in [-0.2, 0) is 17.8 Å². The van der Waals surface area contributed by atoms with Crippen LogP contribution in [0.3, 0.4) is 0 Å². The van der Waals surface area contributed by atoms with E-state index in [4.69, 9.17) is 14.7 Å². The van der Waals surface area contributed by atoms with Gasteiger partial charge in [-0.25, -0.2) is 0 Å². The van der Waals surface area contributed by atoms with Gasteiger partial charge in [-0.1, -0.05) is 18.7 Å². The molecular weight excluding hydrogens is 442 g/mol. The van der Waals surface area contributed by atoms with Crippen molar-refractivity contribution < 1.29 is 9.53 Å². The number of ether oxygens (including phenoxy) is 1. The maximum atomic E-state index is 12.3. The van der Waals surface area contributed by atoms with E-state index in [0.717, 1.165) is 46.5 Å². The number of pyridine rings is 1. The van der Waals surface area contributed by atoms with Gasteiger partial charge in [0, 0.05) is 60.6 Å². The number of nitrogens with zero attached hydrogens (tertiary/aromatic N) is 7. The lowest BCUT2D eigenvalue weighted by molar-refractivity contribution is -0.128. The fraction of sp³-hybridized carbons (Fsp3) is 0.346. The zero-order chi connectivity index (χ0) is 24.4. The number of hydrogen-bond acceptors (Lipinski definition) is 8. The number of hydrogen-bond donors (Lipinski definition) is 0. The number of carbonyl (C=O) groups excluding carboxylic acids is 1. The lowest BCUT2D eigenvalue weighted by Crippen LogP contribution is -2.55. The van der Waals surface area contributed by atoms with Crippen molar-refractivity contribution in [3.63, 3.8) is 0 Å². The molecule has 0 radical (unpaired) electrons. The molecule has 35 heavy (non-hydrogen) atoms. The number of benzene rings is 1. The van der Waals surface area contributed by atoms with Gasteiger partial charge in [-0.2, -0.15) is 15.2 Å². The topological polar surface area (TPSA) is 98.5 Å². The largest absolute Gasteiger partial charge is 0.467 e. The van der Waals surface area contributed by atoms with Crippen LogP contribution in [0.1, 0.15) is 17.7 Å². The number of amides is 1. The summed E-state index contributed by atoms with van der Waals surface area (Å²) in [7, 11) is 1.57. The van der Waals surface area contributed by atoms with E-state index in [1.165, 1.54) is 6.08 Å². The summed E-state index contributed by atoms with van der Waals surface area (Å²) >= 11 is 0. The zero-order valence-electron chi connectivity index (χ0n) is 19.7. The van der Waals surface area contributed by atoms with Crippen LogP contribution in [0, 0.1) is 11.3 Å². The summed E-state index contributed by atoms with van der Waals surface area (Å²) in [4.78, 5) is 32.2. The van der Waals surface area contributed by atoms with Crippen LogP contribution in [-0.4, -0.2) is 65.1 Å². The number of rotatable bonds is 5. The molecule has 2 aliphatic heterocycles. The second-order valence-corrected chi connectivity index (χ2v) is 8.70. The first-order valence-electron chi connectivity index (χ1n) is 11.7. The average Bonchev–Trinajstić information content (AvgIpc) is 2.91. The average molecular weight is 470 g/mol. The molecule has 5 rings (SSSR count). The Hall–Kier alpha value is -4.19. The van der Waals surface area contributed by atoms with Crippen LogP contribution in [0.25, 0.3) is 10.8 Å². The minimum Gasteiger partial charge on any atom is -0.467 e. The Morgan fingerprint density at radius 2 is 2.14 bits per heavy atom. The molecule has 1 fully saturated rings. The molecule has 3 aromatic rings. The van der Waals surface area contributed by atoms with Crippen molar-refractivity contribution in [2.24, 2.45) is 0 Å². The number of methoxy groups -OCH3 is 1. The first kappa shape index (κ1) is 22.6. The van der Waals surface area contributed by atoms with Crippen LogP contribution in [0.15, 0.2) is 49.3 Å².